The van der Waals surface area contributed by atoms with E-state index in [0.717, 1.165) is 35.1 Å². The van der Waals surface area contributed by atoms with E-state index in [1.54, 1.807) is 0 Å². The van der Waals surface area contributed by atoms with Gasteiger partial charge in [-0.2, -0.15) is 4.39 Å². The molecule has 1 atom stereocenters. The Morgan fingerprint density at radius 1 is 1.33 bits per heavy atom. The standard InChI is InChI=1S/C11H12FN3/c12-11-4-7-2-9-6(3-10(7)15-11)1-8(13)5-14-9/h2-4,8,14-15H,1,5,13H2. The topological polar surface area (TPSA) is 53.8 Å². The summed E-state index contributed by atoms with van der Waals surface area (Å²) in [4.78, 5) is 2.69. The fraction of sp³-hybridized carbons (Fsp3) is 0.273. The number of rotatable bonds is 0. The first kappa shape index (κ1) is 8.73. The van der Waals surface area contributed by atoms with Crippen LogP contribution in [0.3, 0.4) is 0 Å². The zero-order chi connectivity index (χ0) is 10.4. The van der Waals surface area contributed by atoms with Crippen LogP contribution in [0.4, 0.5) is 10.1 Å². The van der Waals surface area contributed by atoms with E-state index in [4.69, 9.17) is 5.73 Å². The monoisotopic (exact) mass is 205 g/mol. The van der Waals surface area contributed by atoms with E-state index in [1.807, 2.05) is 12.1 Å². The van der Waals surface area contributed by atoms with Gasteiger partial charge in [0.05, 0.1) is 0 Å². The highest BCUT2D eigenvalue weighted by molar-refractivity contribution is 5.85. The lowest BCUT2D eigenvalue weighted by atomic mass is 9.99. The third-order valence-corrected chi connectivity index (χ3v) is 2.85. The smallest absolute Gasteiger partial charge is 0.192 e. The van der Waals surface area contributed by atoms with E-state index in [9.17, 15) is 4.39 Å². The molecule has 3 rings (SSSR count). The second-order valence-corrected chi connectivity index (χ2v) is 4.06. The number of nitrogens with one attached hydrogen (secondary N) is 2. The van der Waals surface area contributed by atoms with Crippen LogP contribution in [-0.4, -0.2) is 17.6 Å². The summed E-state index contributed by atoms with van der Waals surface area (Å²) in [6.07, 6.45) is 0.846. The van der Waals surface area contributed by atoms with Crippen molar-refractivity contribution in [3.05, 3.63) is 29.7 Å². The zero-order valence-electron chi connectivity index (χ0n) is 8.18. The van der Waals surface area contributed by atoms with E-state index in [-0.39, 0.29) is 12.0 Å². The van der Waals surface area contributed by atoms with Crippen LogP contribution in [0.5, 0.6) is 0 Å². The molecule has 0 saturated carbocycles. The molecule has 0 aliphatic carbocycles. The fourth-order valence-corrected chi connectivity index (χ4v) is 2.12. The minimum Gasteiger partial charge on any atom is -0.383 e. The maximum Gasteiger partial charge on any atom is 0.192 e. The Kier molecular flexibility index (Phi) is 1.73. The van der Waals surface area contributed by atoms with Gasteiger partial charge in [-0.3, -0.25) is 0 Å². The highest BCUT2D eigenvalue weighted by Crippen LogP contribution is 2.27. The predicted molar refractivity (Wildman–Crippen MR) is 58.4 cm³/mol. The van der Waals surface area contributed by atoms with Gasteiger partial charge in [0.2, 0.25) is 0 Å². The van der Waals surface area contributed by atoms with Crippen molar-refractivity contribution in [3.8, 4) is 0 Å². The molecule has 0 amide bonds. The quantitative estimate of drug-likeness (QED) is 0.612. The Morgan fingerprint density at radius 3 is 3.07 bits per heavy atom. The zero-order valence-corrected chi connectivity index (χ0v) is 8.18. The van der Waals surface area contributed by atoms with Gasteiger partial charge in [-0.15, -0.1) is 0 Å². The normalized spacial score (nSPS) is 20.0. The van der Waals surface area contributed by atoms with Crippen molar-refractivity contribution in [1.82, 2.24) is 4.98 Å². The number of halogens is 1. The number of fused-ring (bicyclic) bond motifs is 2. The van der Waals surface area contributed by atoms with Gasteiger partial charge in [0.1, 0.15) is 0 Å². The van der Waals surface area contributed by atoms with Crippen LogP contribution in [0.1, 0.15) is 5.56 Å². The minimum atomic E-state index is -0.295. The number of H-pyrrole nitrogens is 1. The molecule has 0 fully saturated rings. The Labute approximate surface area is 86.5 Å². The van der Waals surface area contributed by atoms with Crippen LogP contribution in [0.15, 0.2) is 18.2 Å². The summed E-state index contributed by atoms with van der Waals surface area (Å²) in [5.41, 5.74) is 8.92. The molecule has 1 aliphatic rings. The van der Waals surface area contributed by atoms with Crippen LogP contribution in [0.25, 0.3) is 10.9 Å². The van der Waals surface area contributed by atoms with E-state index in [0.29, 0.717) is 0 Å². The van der Waals surface area contributed by atoms with Crippen molar-refractivity contribution in [2.45, 2.75) is 12.5 Å². The first-order valence-corrected chi connectivity index (χ1v) is 5.03. The molecule has 1 aromatic heterocycles. The summed E-state index contributed by atoms with van der Waals surface area (Å²) in [5, 5.41) is 4.15. The average Bonchev–Trinajstić information content (AvgIpc) is 2.53. The number of hydrogen-bond acceptors (Lipinski definition) is 2. The Morgan fingerprint density at radius 2 is 2.20 bits per heavy atom. The lowest BCUT2D eigenvalue weighted by molar-refractivity contribution is 0.594. The van der Waals surface area contributed by atoms with Crippen LogP contribution < -0.4 is 11.1 Å². The molecule has 0 bridgehead atoms. The van der Waals surface area contributed by atoms with Crippen LogP contribution >= 0.6 is 0 Å². The van der Waals surface area contributed by atoms with Gasteiger partial charge >= 0.3 is 0 Å². The molecule has 0 radical (unpaired) electrons. The van der Waals surface area contributed by atoms with Crippen molar-refractivity contribution in [1.29, 1.82) is 0 Å². The molecule has 1 aromatic carbocycles. The SMILES string of the molecule is NC1CNc2cc3cc(F)[nH]c3cc2C1. The summed E-state index contributed by atoms with van der Waals surface area (Å²) in [5.74, 6) is -0.295. The number of anilines is 1. The lowest BCUT2D eigenvalue weighted by Gasteiger charge is -2.23. The molecular formula is C11H12FN3. The van der Waals surface area contributed by atoms with Gasteiger partial charge < -0.3 is 16.0 Å². The number of benzene rings is 1. The summed E-state index contributed by atoms with van der Waals surface area (Å²) in [6.45, 7) is 0.783. The maximum atomic E-state index is 13.0. The molecule has 78 valence electrons. The van der Waals surface area contributed by atoms with Crippen molar-refractivity contribution in [2.75, 3.05) is 11.9 Å². The highest BCUT2D eigenvalue weighted by Gasteiger charge is 2.16. The van der Waals surface area contributed by atoms with Crippen molar-refractivity contribution in [3.63, 3.8) is 0 Å². The lowest BCUT2D eigenvalue weighted by Crippen LogP contribution is -2.35. The van der Waals surface area contributed by atoms with Gasteiger partial charge in [0.15, 0.2) is 5.95 Å². The average molecular weight is 205 g/mol. The van der Waals surface area contributed by atoms with Gasteiger partial charge in [0.25, 0.3) is 0 Å². The Bertz CT molecular complexity index is 518. The second-order valence-electron chi connectivity index (χ2n) is 4.06. The van der Waals surface area contributed by atoms with E-state index < -0.39 is 0 Å². The molecule has 0 spiro atoms. The van der Waals surface area contributed by atoms with Crippen molar-refractivity contribution >= 4 is 16.6 Å². The molecule has 0 saturated heterocycles. The van der Waals surface area contributed by atoms with Gasteiger partial charge in [-0.05, 0) is 24.1 Å². The first-order valence-electron chi connectivity index (χ1n) is 5.03. The molecule has 1 aliphatic heterocycles. The molecule has 1 unspecified atom stereocenters. The minimum absolute atomic E-state index is 0.148. The Balaban J connectivity index is 2.19. The number of aromatic amines is 1. The maximum absolute atomic E-state index is 13.0. The Hall–Kier alpha value is -1.55. The van der Waals surface area contributed by atoms with Gasteiger partial charge in [-0.1, -0.05) is 0 Å². The summed E-state index contributed by atoms with van der Waals surface area (Å²) in [6, 6.07) is 5.59. The third-order valence-electron chi connectivity index (χ3n) is 2.85. The fourth-order valence-electron chi connectivity index (χ4n) is 2.12. The largest absolute Gasteiger partial charge is 0.383 e. The van der Waals surface area contributed by atoms with Crippen LogP contribution in [0, 0.1) is 5.95 Å². The second kappa shape index (κ2) is 2.97. The van der Waals surface area contributed by atoms with Crippen molar-refractivity contribution in [2.24, 2.45) is 5.73 Å². The summed E-state index contributed by atoms with van der Waals surface area (Å²) >= 11 is 0. The summed E-state index contributed by atoms with van der Waals surface area (Å²) < 4.78 is 13.0. The number of hydrogen-bond donors (Lipinski definition) is 3. The number of nitrogens with two attached hydrogens (primary N) is 1. The van der Waals surface area contributed by atoms with E-state index in [1.165, 1.54) is 6.07 Å². The molecule has 4 N–H and O–H groups in total. The van der Waals surface area contributed by atoms with E-state index in [2.05, 4.69) is 10.3 Å². The molecule has 2 heterocycles. The van der Waals surface area contributed by atoms with Gasteiger partial charge in [-0.25, -0.2) is 0 Å². The molecule has 4 heteroatoms. The molecule has 3 nitrogen and oxygen atoms in total. The molecule has 2 aromatic rings. The van der Waals surface area contributed by atoms with Gasteiger partial charge in [0, 0.05) is 35.2 Å². The van der Waals surface area contributed by atoms with E-state index >= 15 is 0 Å². The molecule has 15 heavy (non-hydrogen) atoms. The number of aromatic nitrogens is 1. The third kappa shape index (κ3) is 1.37. The first-order chi connectivity index (χ1) is 7.22. The predicted octanol–water partition coefficient (Wildman–Crippen LogP) is 1.60. The molecular weight excluding hydrogens is 193 g/mol. The van der Waals surface area contributed by atoms with Crippen LogP contribution in [0.2, 0.25) is 0 Å². The summed E-state index contributed by atoms with van der Waals surface area (Å²) in [7, 11) is 0. The van der Waals surface area contributed by atoms with Crippen molar-refractivity contribution < 1.29 is 4.39 Å². The highest BCUT2D eigenvalue weighted by atomic mass is 19.1. The van der Waals surface area contributed by atoms with Crippen LogP contribution in [-0.2, 0) is 6.42 Å².